The van der Waals surface area contributed by atoms with Crippen LogP contribution in [0.15, 0.2) is 6.20 Å². The van der Waals surface area contributed by atoms with Crippen molar-refractivity contribution in [3.8, 4) is 0 Å². The molecule has 0 spiro atoms. The number of rotatable bonds is 5. The first-order valence-electron chi connectivity index (χ1n) is 9.57. The standard InChI is InChI=1S/C18H30N4O3S/c1-14-7-6-8-15(2)22(14)18(23)13-21(26(3,24)25)12-16-11-20-10-5-4-9-17(20)19-16/h11,14-15H,4-10,12-13H2,1-3H3/t14-,15-/m1/s1. The smallest absolute Gasteiger partial charge is 0.238 e. The summed E-state index contributed by atoms with van der Waals surface area (Å²) >= 11 is 0. The van der Waals surface area contributed by atoms with Crippen molar-refractivity contribution in [1.82, 2.24) is 18.8 Å². The Morgan fingerprint density at radius 2 is 1.92 bits per heavy atom. The maximum absolute atomic E-state index is 12.9. The third kappa shape index (κ3) is 4.28. The lowest BCUT2D eigenvalue weighted by molar-refractivity contribution is -0.137. The van der Waals surface area contributed by atoms with Gasteiger partial charge < -0.3 is 9.47 Å². The first-order chi connectivity index (χ1) is 12.3. The van der Waals surface area contributed by atoms with E-state index in [0.717, 1.165) is 56.6 Å². The molecule has 1 saturated heterocycles. The molecule has 0 aliphatic carbocycles. The van der Waals surface area contributed by atoms with E-state index in [1.54, 1.807) is 0 Å². The van der Waals surface area contributed by atoms with Crippen LogP contribution in [-0.4, -0.2) is 58.0 Å². The molecule has 0 radical (unpaired) electrons. The van der Waals surface area contributed by atoms with Crippen molar-refractivity contribution in [3.05, 3.63) is 17.7 Å². The van der Waals surface area contributed by atoms with Gasteiger partial charge >= 0.3 is 0 Å². The van der Waals surface area contributed by atoms with Gasteiger partial charge in [-0.1, -0.05) is 0 Å². The van der Waals surface area contributed by atoms with E-state index in [9.17, 15) is 13.2 Å². The Bertz CT molecular complexity index is 725. The SMILES string of the molecule is C[C@@H]1CCC[C@@H](C)N1C(=O)CN(Cc1cn2c(n1)CCCC2)S(C)(=O)=O. The molecule has 1 amide bonds. The van der Waals surface area contributed by atoms with Gasteiger partial charge in [0.1, 0.15) is 5.82 Å². The number of aromatic nitrogens is 2. The second kappa shape index (κ2) is 7.68. The molecule has 26 heavy (non-hydrogen) atoms. The minimum Gasteiger partial charge on any atom is -0.336 e. The minimum absolute atomic E-state index is 0.112. The number of carbonyl (C=O) groups is 1. The lowest BCUT2D eigenvalue weighted by Gasteiger charge is -2.39. The quantitative estimate of drug-likeness (QED) is 0.778. The summed E-state index contributed by atoms with van der Waals surface area (Å²) in [5, 5.41) is 0. The first kappa shape index (κ1) is 19.4. The van der Waals surface area contributed by atoms with Gasteiger partial charge in [0, 0.05) is 31.2 Å². The van der Waals surface area contributed by atoms with Crippen molar-refractivity contribution in [2.75, 3.05) is 12.8 Å². The molecule has 0 unspecified atom stereocenters. The van der Waals surface area contributed by atoms with Gasteiger partial charge in [-0.3, -0.25) is 4.79 Å². The largest absolute Gasteiger partial charge is 0.336 e. The van der Waals surface area contributed by atoms with E-state index in [4.69, 9.17) is 0 Å². The van der Waals surface area contributed by atoms with Crippen LogP contribution in [0, 0.1) is 0 Å². The maximum atomic E-state index is 12.9. The molecule has 2 atom stereocenters. The summed E-state index contributed by atoms with van der Waals surface area (Å²) in [6.45, 7) is 5.06. The Morgan fingerprint density at radius 1 is 1.23 bits per heavy atom. The number of amides is 1. The van der Waals surface area contributed by atoms with E-state index in [2.05, 4.69) is 9.55 Å². The molecule has 0 bridgehead atoms. The monoisotopic (exact) mass is 382 g/mol. The summed E-state index contributed by atoms with van der Waals surface area (Å²) in [5.74, 6) is 0.906. The maximum Gasteiger partial charge on any atom is 0.238 e. The van der Waals surface area contributed by atoms with Gasteiger partial charge in [0.2, 0.25) is 15.9 Å². The molecule has 2 aliphatic rings. The van der Waals surface area contributed by atoms with Gasteiger partial charge in [-0.15, -0.1) is 0 Å². The molecule has 1 aromatic rings. The van der Waals surface area contributed by atoms with E-state index in [1.807, 2.05) is 24.9 Å². The lowest BCUT2D eigenvalue weighted by atomic mass is 9.97. The molecule has 2 aliphatic heterocycles. The number of hydrogen-bond acceptors (Lipinski definition) is 4. The highest BCUT2D eigenvalue weighted by atomic mass is 32.2. The summed E-state index contributed by atoms with van der Waals surface area (Å²) in [4.78, 5) is 19.3. The second-order valence-electron chi connectivity index (χ2n) is 7.76. The zero-order valence-corrected chi connectivity index (χ0v) is 16.8. The van der Waals surface area contributed by atoms with Crippen LogP contribution >= 0.6 is 0 Å². The number of likely N-dealkylation sites (tertiary alicyclic amines) is 1. The number of sulfonamides is 1. The summed E-state index contributed by atoms with van der Waals surface area (Å²) in [5.41, 5.74) is 0.722. The van der Waals surface area contributed by atoms with Gasteiger partial charge in [-0.25, -0.2) is 13.4 Å². The van der Waals surface area contributed by atoms with E-state index in [1.165, 1.54) is 10.6 Å². The highest BCUT2D eigenvalue weighted by Gasteiger charge is 2.32. The van der Waals surface area contributed by atoms with E-state index in [-0.39, 0.29) is 31.1 Å². The van der Waals surface area contributed by atoms with Crippen LogP contribution in [0.1, 0.15) is 57.5 Å². The van der Waals surface area contributed by atoms with Crippen molar-refractivity contribution in [3.63, 3.8) is 0 Å². The van der Waals surface area contributed by atoms with Crippen molar-refractivity contribution in [2.45, 2.75) is 77.5 Å². The number of imidazole rings is 1. The summed E-state index contributed by atoms with van der Waals surface area (Å²) in [6, 6.07) is 0.320. The van der Waals surface area contributed by atoms with Gasteiger partial charge in [-0.05, 0) is 46.0 Å². The number of hydrogen-bond donors (Lipinski definition) is 0. The highest BCUT2D eigenvalue weighted by Crippen LogP contribution is 2.23. The summed E-state index contributed by atoms with van der Waals surface area (Å²) < 4.78 is 27.9. The molecule has 3 rings (SSSR count). The number of nitrogens with zero attached hydrogens (tertiary/aromatic N) is 4. The zero-order valence-electron chi connectivity index (χ0n) is 16.0. The van der Waals surface area contributed by atoms with Gasteiger partial charge in [0.15, 0.2) is 0 Å². The van der Waals surface area contributed by atoms with Crippen LogP contribution in [0.5, 0.6) is 0 Å². The highest BCUT2D eigenvalue weighted by molar-refractivity contribution is 7.88. The second-order valence-corrected chi connectivity index (χ2v) is 9.74. The topological polar surface area (TPSA) is 75.5 Å². The van der Waals surface area contributed by atoms with Crippen LogP contribution < -0.4 is 0 Å². The fourth-order valence-corrected chi connectivity index (χ4v) is 4.88. The van der Waals surface area contributed by atoms with Crippen molar-refractivity contribution >= 4 is 15.9 Å². The fourth-order valence-electron chi connectivity index (χ4n) is 4.16. The molecule has 8 heteroatoms. The van der Waals surface area contributed by atoms with Crippen LogP contribution in [-0.2, 0) is 34.3 Å². The number of fused-ring (bicyclic) bond motifs is 1. The van der Waals surface area contributed by atoms with Gasteiger partial charge in [-0.2, -0.15) is 4.31 Å². The molecular formula is C18H30N4O3S. The normalized spacial score (nSPS) is 23.9. The molecule has 7 nitrogen and oxygen atoms in total. The van der Waals surface area contributed by atoms with E-state index >= 15 is 0 Å². The summed E-state index contributed by atoms with van der Waals surface area (Å²) in [7, 11) is -3.50. The molecule has 0 saturated carbocycles. The zero-order chi connectivity index (χ0) is 18.9. The molecule has 146 valence electrons. The average molecular weight is 383 g/mol. The van der Waals surface area contributed by atoms with Crippen molar-refractivity contribution in [2.24, 2.45) is 0 Å². The molecule has 0 aromatic carbocycles. The van der Waals surface area contributed by atoms with Crippen LogP contribution in [0.2, 0.25) is 0 Å². The summed E-state index contributed by atoms with van der Waals surface area (Å²) in [6.07, 6.45) is 9.34. The molecule has 0 N–H and O–H groups in total. The first-order valence-corrected chi connectivity index (χ1v) is 11.4. The average Bonchev–Trinajstić information content (AvgIpc) is 2.95. The fraction of sp³-hybridized carbons (Fsp3) is 0.778. The van der Waals surface area contributed by atoms with Crippen molar-refractivity contribution in [1.29, 1.82) is 0 Å². The van der Waals surface area contributed by atoms with Crippen LogP contribution in [0.4, 0.5) is 0 Å². The number of carbonyl (C=O) groups excluding carboxylic acids is 1. The van der Waals surface area contributed by atoms with E-state index < -0.39 is 10.0 Å². The Morgan fingerprint density at radius 3 is 2.54 bits per heavy atom. The van der Waals surface area contributed by atoms with E-state index in [0.29, 0.717) is 0 Å². The Kier molecular flexibility index (Phi) is 5.72. The predicted octanol–water partition coefficient (Wildman–Crippen LogP) is 1.77. The van der Waals surface area contributed by atoms with Gasteiger partial charge in [0.25, 0.3) is 0 Å². The molecule has 1 fully saturated rings. The molecular weight excluding hydrogens is 352 g/mol. The Hall–Kier alpha value is -1.41. The number of piperidine rings is 1. The van der Waals surface area contributed by atoms with Crippen LogP contribution in [0.3, 0.4) is 0 Å². The molecule has 1 aromatic heterocycles. The number of aryl methyl sites for hydroxylation is 2. The Labute approximate surface area is 156 Å². The van der Waals surface area contributed by atoms with Gasteiger partial charge in [0.05, 0.1) is 25.0 Å². The molecule has 3 heterocycles. The third-order valence-corrected chi connectivity index (χ3v) is 6.76. The van der Waals surface area contributed by atoms with Crippen LogP contribution in [0.25, 0.3) is 0 Å². The minimum atomic E-state index is -3.50. The predicted molar refractivity (Wildman–Crippen MR) is 100 cm³/mol. The van der Waals surface area contributed by atoms with Crippen molar-refractivity contribution < 1.29 is 13.2 Å². The lowest BCUT2D eigenvalue weighted by Crippen LogP contribution is -2.51. The Balaban J connectivity index is 1.74. The third-order valence-electron chi connectivity index (χ3n) is 5.56.